The van der Waals surface area contributed by atoms with Gasteiger partial charge in [0.2, 0.25) is 5.91 Å². The molecule has 8 heteroatoms. The molecule has 0 aliphatic heterocycles. The van der Waals surface area contributed by atoms with E-state index in [1.807, 2.05) is 36.5 Å². The van der Waals surface area contributed by atoms with Gasteiger partial charge in [-0.3, -0.25) is 14.4 Å². The molecular formula is C32H29N5O3. The van der Waals surface area contributed by atoms with Crippen LogP contribution in [-0.2, 0) is 17.8 Å². The van der Waals surface area contributed by atoms with Gasteiger partial charge in [-0.15, -0.1) is 0 Å². The summed E-state index contributed by atoms with van der Waals surface area (Å²) in [4.78, 5) is 42.1. The second-order valence-electron chi connectivity index (χ2n) is 9.41. The highest BCUT2D eigenvalue weighted by atomic mass is 16.2. The van der Waals surface area contributed by atoms with Crippen molar-refractivity contribution in [3.05, 3.63) is 132 Å². The van der Waals surface area contributed by atoms with E-state index in [0.29, 0.717) is 28.9 Å². The number of fused-ring (bicyclic) bond motifs is 1. The summed E-state index contributed by atoms with van der Waals surface area (Å²) in [6.45, 7) is 0.234. The summed E-state index contributed by atoms with van der Waals surface area (Å²) in [5, 5.41) is 9.63. The Morgan fingerprint density at radius 3 is 2.20 bits per heavy atom. The summed E-state index contributed by atoms with van der Waals surface area (Å²) in [6, 6.07) is 29.8. The molecule has 3 amide bonds. The molecule has 0 radical (unpaired) electrons. The minimum Gasteiger partial charge on any atom is -0.397 e. The Morgan fingerprint density at radius 1 is 0.750 bits per heavy atom. The maximum absolute atomic E-state index is 13.3. The summed E-state index contributed by atoms with van der Waals surface area (Å²) in [7, 11) is 0. The number of aromatic nitrogens is 1. The molecule has 0 saturated heterocycles. The van der Waals surface area contributed by atoms with E-state index in [4.69, 9.17) is 5.73 Å². The second-order valence-corrected chi connectivity index (χ2v) is 9.41. The van der Waals surface area contributed by atoms with E-state index in [1.165, 1.54) is 0 Å². The number of nitrogens with one attached hydrogen (secondary N) is 4. The zero-order valence-corrected chi connectivity index (χ0v) is 21.7. The van der Waals surface area contributed by atoms with Crippen LogP contribution in [0.15, 0.2) is 109 Å². The number of benzene rings is 4. The van der Waals surface area contributed by atoms with E-state index < -0.39 is 6.04 Å². The number of aromatic amines is 1. The highest BCUT2D eigenvalue weighted by Gasteiger charge is 2.23. The number of anilines is 2. The van der Waals surface area contributed by atoms with Crippen molar-refractivity contribution >= 4 is 40.0 Å². The van der Waals surface area contributed by atoms with Crippen LogP contribution in [0.2, 0.25) is 0 Å². The molecule has 0 spiro atoms. The van der Waals surface area contributed by atoms with Crippen LogP contribution >= 0.6 is 0 Å². The van der Waals surface area contributed by atoms with Gasteiger partial charge >= 0.3 is 0 Å². The van der Waals surface area contributed by atoms with Crippen LogP contribution in [0.4, 0.5) is 11.4 Å². The zero-order valence-electron chi connectivity index (χ0n) is 21.7. The molecule has 6 N–H and O–H groups in total. The molecule has 5 aromatic rings. The van der Waals surface area contributed by atoms with Crippen molar-refractivity contribution in [2.45, 2.75) is 19.0 Å². The van der Waals surface area contributed by atoms with E-state index in [2.05, 4.69) is 20.9 Å². The van der Waals surface area contributed by atoms with Crippen LogP contribution in [0.3, 0.4) is 0 Å². The number of carbonyl (C=O) groups excluding carboxylic acids is 3. The van der Waals surface area contributed by atoms with Crippen molar-refractivity contribution in [3.8, 4) is 0 Å². The molecule has 1 aromatic heterocycles. The average molecular weight is 532 g/mol. The van der Waals surface area contributed by atoms with Gasteiger partial charge in [0.15, 0.2) is 0 Å². The van der Waals surface area contributed by atoms with Crippen LogP contribution in [0, 0.1) is 0 Å². The molecule has 1 unspecified atom stereocenters. The first-order valence-electron chi connectivity index (χ1n) is 12.9. The average Bonchev–Trinajstić information content (AvgIpc) is 3.40. The first kappa shape index (κ1) is 26.2. The summed E-state index contributed by atoms with van der Waals surface area (Å²) in [5.74, 6) is -0.915. The molecule has 1 heterocycles. The fourth-order valence-electron chi connectivity index (χ4n) is 4.45. The zero-order chi connectivity index (χ0) is 27.9. The summed E-state index contributed by atoms with van der Waals surface area (Å²) >= 11 is 0. The number of nitrogens with two attached hydrogens (primary N) is 1. The quantitative estimate of drug-likeness (QED) is 0.177. The molecule has 0 aliphatic carbocycles. The van der Waals surface area contributed by atoms with Gasteiger partial charge in [0.1, 0.15) is 6.04 Å². The maximum atomic E-state index is 13.3. The summed E-state index contributed by atoms with van der Waals surface area (Å²) in [6.07, 6.45) is 2.18. The van der Waals surface area contributed by atoms with Crippen molar-refractivity contribution in [2.24, 2.45) is 0 Å². The summed E-state index contributed by atoms with van der Waals surface area (Å²) in [5.41, 5.74) is 10.6. The SMILES string of the molecule is Nc1ccccc1NC(=O)c1ccc(CNC(=O)C(Cc2c[nH]c3ccccc23)NC(=O)c2ccccc2)cc1. The van der Waals surface area contributed by atoms with Crippen LogP contribution in [0.1, 0.15) is 31.8 Å². The Bertz CT molecular complexity index is 1640. The molecule has 0 aliphatic rings. The van der Waals surface area contributed by atoms with E-state index >= 15 is 0 Å². The van der Waals surface area contributed by atoms with E-state index in [1.54, 1.807) is 72.8 Å². The Balaban J connectivity index is 1.26. The van der Waals surface area contributed by atoms with Gasteiger partial charge in [0.25, 0.3) is 11.8 Å². The lowest BCUT2D eigenvalue weighted by Gasteiger charge is -2.19. The number of hydrogen-bond acceptors (Lipinski definition) is 4. The molecule has 0 fully saturated rings. The third-order valence-corrected chi connectivity index (χ3v) is 6.65. The number of hydrogen-bond donors (Lipinski definition) is 5. The predicted molar refractivity (Wildman–Crippen MR) is 157 cm³/mol. The molecule has 1 atom stereocenters. The lowest BCUT2D eigenvalue weighted by Crippen LogP contribution is -2.47. The van der Waals surface area contributed by atoms with Crippen molar-refractivity contribution in [3.63, 3.8) is 0 Å². The smallest absolute Gasteiger partial charge is 0.255 e. The molecular weight excluding hydrogens is 502 g/mol. The molecule has 4 aromatic carbocycles. The van der Waals surface area contributed by atoms with Crippen molar-refractivity contribution < 1.29 is 14.4 Å². The van der Waals surface area contributed by atoms with Crippen LogP contribution in [0.25, 0.3) is 10.9 Å². The topological polar surface area (TPSA) is 129 Å². The molecule has 40 heavy (non-hydrogen) atoms. The molecule has 0 saturated carbocycles. The van der Waals surface area contributed by atoms with Crippen LogP contribution < -0.4 is 21.7 Å². The number of rotatable bonds is 9. The van der Waals surface area contributed by atoms with Gasteiger partial charge in [0, 0.05) is 41.2 Å². The predicted octanol–water partition coefficient (Wildman–Crippen LogP) is 4.66. The Morgan fingerprint density at radius 2 is 1.43 bits per heavy atom. The third-order valence-electron chi connectivity index (χ3n) is 6.65. The number of H-pyrrole nitrogens is 1. The summed E-state index contributed by atoms with van der Waals surface area (Å²) < 4.78 is 0. The molecule has 5 rings (SSSR count). The normalized spacial score (nSPS) is 11.5. The third kappa shape index (κ3) is 6.19. The van der Waals surface area contributed by atoms with Gasteiger partial charge in [0.05, 0.1) is 11.4 Å². The standard InChI is InChI=1S/C32H29N5O3/c33-26-11-5-7-13-28(26)36-31(39)23-16-14-21(15-17-23)19-35-32(40)29(37-30(38)22-8-2-1-3-9-22)18-24-20-34-27-12-6-4-10-25(24)27/h1-17,20,29,34H,18-19,33H2,(H,35,40)(H,36,39)(H,37,38). The minimum absolute atomic E-state index is 0.234. The number of para-hydroxylation sites is 3. The number of amides is 3. The Labute approximate surface area is 231 Å². The largest absolute Gasteiger partial charge is 0.397 e. The lowest BCUT2D eigenvalue weighted by molar-refractivity contribution is -0.123. The van der Waals surface area contributed by atoms with Gasteiger partial charge in [-0.05, 0) is 53.6 Å². The van der Waals surface area contributed by atoms with Gasteiger partial charge in [-0.2, -0.15) is 0 Å². The Hall–Kier alpha value is -5.37. The van der Waals surface area contributed by atoms with Crippen molar-refractivity contribution in [1.29, 1.82) is 0 Å². The highest BCUT2D eigenvalue weighted by Crippen LogP contribution is 2.20. The van der Waals surface area contributed by atoms with E-state index in [-0.39, 0.29) is 24.3 Å². The number of nitrogen functional groups attached to an aromatic ring is 1. The molecule has 0 bridgehead atoms. The second kappa shape index (κ2) is 12.0. The number of carbonyl (C=O) groups is 3. The maximum Gasteiger partial charge on any atom is 0.255 e. The minimum atomic E-state index is -0.798. The molecule has 200 valence electrons. The monoisotopic (exact) mass is 531 g/mol. The van der Waals surface area contributed by atoms with Crippen molar-refractivity contribution in [2.75, 3.05) is 11.1 Å². The van der Waals surface area contributed by atoms with Crippen LogP contribution in [-0.4, -0.2) is 28.7 Å². The van der Waals surface area contributed by atoms with Crippen molar-refractivity contribution in [1.82, 2.24) is 15.6 Å². The molecule has 8 nitrogen and oxygen atoms in total. The lowest BCUT2D eigenvalue weighted by atomic mass is 10.0. The van der Waals surface area contributed by atoms with Gasteiger partial charge < -0.3 is 26.7 Å². The van der Waals surface area contributed by atoms with E-state index in [0.717, 1.165) is 22.0 Å². The Kier molecular flexibility index (Phi) is 7.87. The first-order chi connectivity index (χ1) is 19.5. The van der Waals surface area contributed by atoms with Gasteiger partial charge in [-0.1, -0.05) is 60.7 Å². The fourth-order valence-corrected chi connectivity index (χ4v) is 4.45. The fraction of sp³-hybridized carbons (Fsp3) is 0.0938. The highest BCUT2D eigenvalue weighted by molar-refractivity contribution is 6.05. The van der Waals surface area contributed by atoms with Crippen LogP contribution in [0.5, 0.6) is 0 Å². The first-order valence-corrected chi connectivity index (χ1v) is 12.9. The van der Waals surface area contributed by atoms with Gasteiger partial charge in [-0.25, -0.2) is 0 Å². The van der Waals surface area contributed by atoms with E-state index in [9.17, 15) is 14.4 Å².